The molecule has 3 nitrogen and oxygen atoms in total. The second kappa shape index (κ2) is 4.64. The van der Waals surface area contributed by atoms with Gasteiger partial charge in [-0.1, -0.05) is 24.3 Å². The highest BCUT2D eigenvalue weighted by atomic mass is 16.2. The van der Waals surface area contributed by atoms with E-state index < -0.39 is 11.0 Å². The van der Waals surface area contributed by atoms with Gasteiger partial charge in [-0.15, -0.1) is 0 Å². The molecule has 0 radical (unpaired) electrons. The fourth-order valence-corrected chi connectivity index (χ4v) is 2.34. The van der Waals surface area contributed by atoms with Crippen molar-refractivity contribution in [1.82, 2.24) is 4.90 Å². The van der Waals surface area contributed by atoms with Crippen LogP contribution in [0, 0.1) is 5.41 Å². The number of rotatable bonds is 2. The summed E-state index contributed by atoms with van der Waals surface area (Å²) in [6.07, 6.45) is 0.934. The molecule has 2 N–H and O–H groups in total. The molecule has 0 aliphatic carbocycles. The second-order valence-corrected chi connectivity index (χ2v) is 6.59. The summed E-state index contributed by atoms with van der Waals surface area (Å²) in [5, 5.41) is 0. The van der Waals surface area contributed by atoms with Crippen LogP contribution in [0.3, 0.4) is 0 Å². The molecule has 1 aromatic carbocycles. The van der Waals surface area contributed by atoms with Crippen LogP contribution < -0.4 is 5.73 Å². The Labute approximate surface area is 115 Å². The summed E-state index contributed by atoms with van der Waals surface area (Å²) in [7, 11) is 0. The lowest BCUT2D eigenvalue weighted by molar-refractivity contribution is -0.144. The van der Waals surface area contributed by atoms with Crippen LogP contribution in [0.1, 0.15) is 38.8 Å². The van der Waals surface area contributed by atoms with Gasteiger partial charge in [-0.05, 0) is 45.2 Å². The Bertz CT molecular complexity index is 486. The van der Waals surface area contributed by atoms with E-state index in [9.17, 15) is 4.79 Å². The summed E-state index contributed by atoms with van der Waals surface area (Å²) in [4.78, 5) is 14.7. The lowest BCUT2D eigenvalue weighted by Gasteiger charge is -2.42. The maximum atomic E-state index is 12.7. The minimum Gasteiger partial charge on any atom is -0.338 e. The zero-order valence-corrected chi connectivity index (χ0v) is 12.4. The highest BCUT2D eigenvalue weighted by molar-refractivity contribution is 5.83. The predicted molar refractivity (Wildman–Crippen MR) is 77.6 cm³/mol. The van der Waals surface area contributed by atoms with E-state index in [1.807, 2.05) is 38.7 Å². The van der Waals surface area contributed by atoms with Crippen molar-refractivity contribution in [2.45, 2.75) is 46.2 Å². The van der Waals surface area contributed by atoms with Gasteiger partial charge in [0.15, 0.2) is 0 Å². The Morgan fingerprint density at radius 3 is 2.32 bits per heavy atom. The number of hydrogen-bond acceptors (Lipinski definition) is 2. The Kier molecular flexibility index (Phi) is 3.43. The van der Waals surface area contributed by atoms with E-state index >= 15 is 0 Å². The number of benzene rings is 1. The number of nitrogens with two attached hydrogens (primary N) is 1. The van der Waals surface area contributed by atoms with Crippen LogP contribution in [0.5, 0.6) is 0 Å². The maximum Gasteiger partial charge on any atom is 0.230 e. The molecule has 104 valence electrons. The number of carbonyl (C=O) groups is 1. The average Bonchev–Trinajstić information content (AvgIpc) is 2.36. The molecule has 1 aliphatic heterocycles. The number of amides is 1. The fourth-order valence-electron chi connectivity index (χ4n) is 2.34. The zero-order chi connectivity index (χ0) is 14.3. The first kappa shape index (κ1) is 14.1. The number of carbonyl (C=O) groups excluding carboxylic acids is 1. The van der Waals surface area contributed by atoms with Crippen LogP contribution in [0.25, 0.3) is 0 Å². The van der Waals surface area contributed by atoms with Crippen LogP contribution in [-0.2, 0) is 17.8 Å². The SMILES string of the molecule is CC(C)(N)C(C)(C)C(=O)N1CCc2ccccc2C1. The first-order valence-corrected chi connectivity index (χ1v) is 6.88. The third kappa shape index (κ3) is 2.52. The summed E-state index contributed by atoms with van der Waals surface area (Å²) in [6.45, 7) is 9.21. The molecule has 0 aromatic heterocycles. The smallest absolute Gasteiger partial charge is 0.230 e. The maximum absolute atomic E-state index is 12.7. The van der Waals surface area contributed by atoms with E-state index in [-0.39, 0.29) is 5.91 Å². The summed E-state index contributed by atoms with van der Waals surface area (Å²) in [6, 6.07) is 8.35. The molecule has 0 bridgehead atoms. The van der Waals surface area contributed by atoms with Crippen LogP contribution in [-0.4, -0.2) is 22.9 Å². The Hall–Kier alpha value is -1.35. The molecule has 0 saturated heterocycles. The molecule has 2 rings (SSSR count). The molecule has 1 heterocycles. The van der Waals surface area contributed by atoms with Gasteiger partial charge >= 0.3 is 0 Å². The normalized spacial score (nSPS) is 16.2. The topological polar surface area (TPSA) is 46.3 Å². The van der Waals surface area contributed by atoms with E-state index in [0.29, 0.717) is 6.54 Å². The molecule has 0 fully saturated rings. The zero-order valence-electron chi connectivity index (χ0n) is 12.4. The van der Waals surface area contributed by atoms with Crippen molar-refractivity contribution < 1.29 is 4.79 Å². The predicted octanol–water partition coefficient (Wildman–Crippen LogP) is 2.33. The van der Waals surface area contributed by atoms with Gasteiger partial charge in [0, 0.05) is 18.6 Å². The van der Waals surface area contributed by atoms with E-state index in [1.54, 1.807) is 0 Å². The monoisotopic (exact) mass is 260 g/mol. The summed E-state index contributed by atoms with van der Waals surface area (Å²) >= 11 is 0. The molecule has 19 heavy (non-hydrogen) atoms. The van der Waals surface area contributed by atoms with Gasteiger partial charge < -0.3 is 10.6 Å². The van der Waals surface area contributed by atoms with Gasteiger partial charge in [0.2, 0.25) is 5.91 Å². The van der Waals surface area contributed by atoms with Gasteiger partial charge in [0.25, 0.3) is 0 Å². The van der Waals surface area contributed by atoms with Crippen LogP contribution in [0.4, 0.5) is 0 Å². The van der Waals surface area contributed by atoms with E-state index in [2.05, 4.69) is 18.2 Å². The standard InChI is InChI=1S/C16H24N2O/c1-15(2,16(3,4)17)14(19)18-10-9-12-7-5-6-8-13(12)11-18/h5-8H,9-11,17H2,1-4H3. The van der Waals surface area contributed by atoms with Gasteiger partial charge in [-0.3, -0.25) is 4.79 Å². The fraction of sp³-hybridized carbons (Fsp3) is 0.562. The third-order valence-corrected chi connectivity index (χ3v) is 4.56. The summed E-state index contributed by atoms with van der Waals surface area (Å²) < 4.78 is 0. The molecule has 1 aliphatic rings. The quantitative estimate of drug-likeness (QED) is 0.887. The molecule has 1 amide bonds. The molecule has 0 atom stereocenters. The van der Waals surface area contributed by atoms with Crippen molar-refractivity contribution in [1.29, 1.82) is 0 Å². The van der Waals surface area contributed by atoms with Gasteiger partial charge in [0.05, 0.1) is 5.41 Å². The van der Waals surface area contributed by atoms with Gasteiger partial charge in [-0.2, -0.15) is 0 Å². The number of nitrogens with zero attached hydrogens (tertiary/aromatic N) is 1. The van der Waals surface area contributed by atoms with Crippen molar-refractivity contribution in [3.05, 3.63) is 35.4 Å². The molecular formula is C16H24N2O. The molecule has 0 unspecified atom stereocenters. The highest BCUT2D eigenvalue weighted by Gasteiger charge is 2.43. The molecule has 0 spiro atoms. The van der Waals surface area contributed by atoms with Gasteiger partial charge in [0.1, 0.15) is 0 Å². The minimum absolute atomic E-state index is 0.148. The van der Waals surface area contributed by atoms with Crippen LogP contribution in [0.15, 0.2) is 24.3 Å². The first-order valence-electron chi connectivity index (χ1n) is 6.88. The Balaban J connectivity index is 2.20. The lowest BCUT2D eigenvalue weighted by Crippen LogP contribution is -2.57. The van der Waals surface area contributed by atoms with E-state index in [1.165, 1.54) is 11.1 Å². The average molecular weight is 260 g/mol. The summed E-state index contributed by atoms with van der Waals surface area (Å²) in [5.41, 5.74) is 7.70. The highest BCUT2D eigenvalue weighted by Crippen LogP contribution is 2.32. The third-order valence-electron chi connectivity index (χ3n) is 4.56. The Morgan fingerprint density at radius 1 is 1.16 bits per heavy atom. The van der Waals surface area contributed by atoms with Crippen molar-refractivity contribution >= 4 is 5.91 Å². The largest absolute Gasteiger partial charge is 0.338 e. The summed E-state index contributed by atoms with van der Waals surface area (Å²) in [5.74, 6) is 0.148. The van der Waals surface area contributed by atoms with E-state index in [4.69, 9.17) is 5.73 Å². The second-order valence-electron chi connectivity index (χ2n) is 6.59. The molecule has 3 heteroatoms. The molecule has 0 saturated carbocycles. The van der Waals surface area contributed by atoms with Crippen LogP contribution in [0.2, 0.25) is 0 Å². The van der Waals surface area contributed by atoms with Crippen molar-refractivity contribution in [2.24, 2.45) is 11.1 Å². The Morgan fingerprint density at radius 2 is 1.74 bits per heavy atom. The van der Waals surface area contributed by atoms with E-state index in [0.717, 1.165) is 13.0 Å². The molecule has 1 aromatic rings. The minimum atomic E-state index is -0.556. The number of hydrogen-bond donors (Lipinski definition) is 1. The molecular weight excluding hydrogens is 236 g/mol. The van der Waals surface area contributed by atoms with Crippen molar-refractivity contribution in [3.63, 3.8) is 0 Å². The van der Waals surface area contributed by atoms with Gasteiger partial charge in [-0.25, -0.2) is 0 Å². The van der Waals surface area contributed by atoms with Crippen LogP contribution >= 0.6 is 0 Å². The van der Waals surface area contributed by atoms with Crippen molar-refractivity contribution in [3.8, 4) is 0 Å². The van der Waals surface area contributed by atoms with Crippen molar-refractivity contribution in [2.75, 3.05) is 6.54 Å². The number of fused-ring (bicyclic) bond motifs is 1. The lowest BCUT2D eigenvalue weighted by atomic mass is 9.74. The first-order chi connectivity index (χ1) is 8.73.